The van der Waals surface area contributed by atoms with E-state index in [-0.39, 0.29) is 43.3 Å². The van der Waals surface area contributed by atoms with Gasteiger partial charge in [-0.1, -0.05) is 6.92 Å². The largest absolute Gasteiger partial charge is 0.480 e. The average Bonchev–Trinajstić information content (AvgIpc) is 2.54. The Morgan fingerprint density at radius 1 is 1.21 bits per heavy atom. The van der Waals surface area contributed by atoms with Crippen LogP contribution in [0.3, 0.4) is 0 Å². The molecule has 0 atom stereocenters. The standard InChI is InChI=1S/C16H27N3O5/c1-2-18(11-16(22)23)13-9-12(10-13)17-14(20)3-4-15(21)19-5-7-24-8-6-19/h12-13H,2-11H2,1H3,(H,17,20)(H,22,23). The third kappa shape index (κ3) is 5.45. The van der Waals surface area contributed by atoms with Crippen molar-refractivity contribution in [1.29, 1.82) is 0 Å². The molecule has 0 aromatic carbocycles. The van der Waals surface area contributed by atoms with Crippen molar-refractivity contribution >= 4 is 17.8 Å². The summed E-state index contributed by atoms with van der Waals surface area (Å²) >= 11 is 0. The van der Waals surface area contributed by atoms with Crippen LogP contribution in [0.25, 0.3) is 0 Å². The van der Waals surface area contributed by atoms with Gasteiger partial charge in [0, 0.05) is 38.0 Å². The van der Waals surface area contributed by atoms with E-state index in [9.17, 15) is 14.4 Å². The maximum Gasteiger partial charge on any atom is 0.317 e. The third-order valence-corrected chi connectivity index (χ3v) is 4.67. The Hall–Kier alpha value is -1.67. The number of morpholine rings is 1. The summed E-state index contributed by atoms with van der Waals surface area (Å²) in [5.41, 5.74) is 0. The Labute approximate surface area is 142 Å². The van der Waals surface area contributed by atoms with E-state index in [0.29, 0.717) is 32.8 Å². The summed E-state index contributed by atoms with van der Waals surface area (Å²) in [6, 6.07) is 0.301. The number of likely N-dealkylation sites (N-methyl/N-ethyl adjacent to an activating group) is 1. The molecule has 2 aliphatic rings. The molecule has 1 aliphatic carbocycles. The van der Waals surface area contributed by atoms with Crippen LogP contribution >= 0.6 is 0 Å². The minimum absolute atomic E-state index is 0.00134. The van der Waals surface area contributed by atoms with Gasteiger partial charge in [-0.2, -0.15) is 0 Å². The molecule has 0 unspecified atom stereocenters. The van der Waals surface area contributed by atoms with Crippen molar-refractivity contribution in [2.45, 2.75) is 44.7 Å². The van der Waals surface area contributed by atoms with Crippen LogP contribution in [-0.2, 0) is 19.1 Å². The summed E-state index contributed by atoms with van der Waals surface area (Å²) in [5.74, 6) is -0.939. The first-order chi connectivity index (χ1) is 11.5. The second-order valence-electron chi connectivity index (χ2n) is 6.34. The van der Waals surface area contributed by atoms with Gasteiger partial charge in [0.25, 0.3) is 0 Å². The summed E-state index contributed by atoms with van der Waals surface area (Å²) in [7, 11) is 0. The van der Waals surface area contributed by atoms with Crippen LogP contribution in [0, 0.1) is 0 Å². The molecule has 8 heteroatoms. The van der Waals surface area contributed by atoms with Crippen LogP contribution in [-0.4, -0.2) is 84.2 Å². The van der Waals surface area contributed by atoms with Crippen molar-refractivity contribution in [3.05, 3.63) is 0 Å². The van der Waals surface area contributed by atoms with E-state index in [1.807, 2.05) is 11.8 Å². The number of carboxylic acids is 1. The van der Waals surface area contributed by atoms with Gasteiger partial charge in [0.15, 0.2) is 0 Å². The molecular formula is C16H27N3O5. The molecule has 0 aromatic rings. The number of carbonyl (C=O) groups is 3. The van der Waals surface area contributed by atoms with Crippen molar-refractivity contribution in [1.82, 2.24) is 15.1 Å². The van der Waals surface area contributed by atoms with Crippen molar-refractivity contribution in [2.24, 2.45) is 0 Å². The van der Waals surface area contributed by atoms with E-state index in [2.05, 4.69) is 5.32 Å². The molecule has 1 aliphatic heterocycles. The van der Waals surface area contributed by atoms with Crippen molar-refractivity contribution in [3.8, 4) is 0 Å². The fourth-order valence-corrected chi connectivity index (χ4v) is 3.17. The van der Waals surface area contributed by atoms with Gasteiger partial charge in [-0.3, -0.25) is 19.3 Å². The predicted molar refractivity (Wildman–Crippen MR) is 86.5 cm³/mol. The Balaban J connectivity index is 1.62. The highest BCUT2D eigenvalue weighted by atomic mass is 16.5. The molecular weight excluding hydrogens is 314 g/mol. The van der Waals surface area contributed by atoms with Gasteiger partial charge in [0.1, 0.15) is 0 Å². The van der Waals surface area contributed by atoms with E-state index in [1.54, 1.807) is 4.90 Å². The minimum Gasteiger partial charge on any atom is -0.480 e. The van der Waals surface area contributed by atoms with Crippen LogP contribution in [0.2, 0.25) is 0 Å². The lowest BCUT2D eigenvalue weighted by molar-refractivity contribution is -0.139. The number of nitrogens with zero attached hydrogens (tertiary/aromatic N) is 2. The maximum atomic E-state index is 12.0. The number of hydrogen-bond donors (Lipinski definition) is 2. The zero-order valence-corrected chi connectivity index (χ0v) is 14.2. The van der Waals surface area contributed by atoms with Gasteiger partial charge in [0.2, 0.25) is 11.8 Å². The van der Waals surface area contributed by atoms with Gasteiger partial charge in [-0.15, -0.1) is 0 Å². The molecule has 2 fully saturated rings. The van der Waals surface area contributed by atoms with Crippen LogP contribution in [0.15, 0.2) is 0 Å². The number of carboxylic acid groups (broad SMARTS) is 1. The second kappa shape index (κ2) is 8.98. The quantitative estimate of drug-likeness (QED) is 0.628. The van der Waals surface area contributed by atoms with Gasteiger partial charge in [-0.05, 0) is 19.4 Å². The Bertz CT molecular complexity index is 459. The molecule has 2 rings (SSSR count). The first-order valence-electron chi connectivity index (χ1n) is 8.60. The zero-order chi connectivity index (χ0) is 17.5. The SMILES string of the molecule is CCN(CC(=O)O)C1CC(NC(=O)CCC(=O)N2CCOCC2)C1. The van der Waals surface area contributed by atoms with Gasteiger partial charge in [0.05, 0.1) is 19.8 Å². The number of hydrogen-bond acceptors (Lipinski definition) is 5. The number of ether oxygens (including phenoxy) is 1. The molecule has 1 saturated carbocycles. The molecule has 0 radical (unpaired) electrons. The number of nitrogens with one attached hydrogen (secondary N) is 1. The molecule has 136 valence electrons. The first kappa shape index (κ1) is 18.7. The smallest absolute Gasteiger partial charge is 0.317 e. The van der Waals surface area contributed by atoms with Crippen LogP contribution in [0.4, 0.5) is 0 Å². The second-order valence-corrected chi connectivity index (χ2v) is 6.34. The number of rotatable bonds is 8. The Kier molecular flexibility index (Phi) is 6.99. The lowest BCUT2D eigenvalue weighted by Gasteiger charge is -2.42. The van der Waals surface area contributed by atoms with E-state index in [4.69, 9.17) is 9.84 Å². The monoisotopic (exact) mass is 341 g/mol. The highest BCUT2D eigenvalue weighted by Gasteiger charge is 2.34. The Morgan fingerprint density at radius 3 is 2.46 bits per heavy atom. The third-order valence-electron chi connectivity index (χ3n) is 4.67. The lowest BCUT2D eigenvalue weighted by Crippen LogP contribution is -2.54. The van der Waals surface area contributed by atoms with Gasteiger partial charge >= 0.3 is 5.97 Å². The van der Waals surface area contributed by atoms with Gasteiger partial charge in [-0.25, -0.2) is 0 Å². The normalized spacial score (nSPS) is 23.7. The van der Waals surface area contributed by atoms with Gasteiger partial charge < -0.3 is 20.1 Å². The maximum absolute atomic E-state index is 12.0. The Morgan fingerprint density at radius 2 is 1.88 bits per heavy atom. The van der Waals surface area contributed by atoms with E-state index in [0.717, 1.165) is 12.8 Å². The van der Waals surface area contributed by atoms with E-state index < -0.39 is 5.97 Å². The van der Waals surface area contributed by atoms with Crippen molar-refractivity contribution < 1.29 is 24.2 Å². The summed E-state index contributed by atoms with van der Waals surface area (Å²) in [4.78, 5) is 38.4. The molecule has 0 aromatic heterocycles. The summed E-state index contributed by atoms with van der Waals surface area (Å²) in [6.45, 7) is 4.98. The van der Waals surface area contributed by atoms with Crippen molar-refractivity contribution in [2.75, 3.05) is 39.4 Å². The van der Waals surface area contributed by atoms with Crippen LogP contribution in [0.5, 0.6) is 0 Å². The van der Waals surface area contributed by atoms with Crippen LogP contribution in [0.1, 0.15) is 32.6 Å². The first-order valence-corrected chi connectivity index (χ1v) is 8.60. The number of amides is 2. The highest BCUT2D eigenvalue weighted by molar-refractivity contribution is 5.84. The highest BCUT2D eigenvalue weighted by Crippen LogP contribution is 2.25. The number of carbonyl (C=O) groups excluding carboxylic acids is 2. The van der Waals surface area contributed by atoms with Crippen molar-refractivity contribution in [3.63, 3.8) is 0 Å². The molecule has 0 bridgehead atoms. The van der Waals surface area contributed by atoms with Crippen LogP contribution < -0.4 is 5.32 Å². The molecule has 1 saturated heterocycles. The molecule has 2 N–H and O–H groups in total. The summed E-state index contributed by atoms with van der Waals surface area (Å²) in [5, 5.41) is 11.8. The molecule has 8 nitrogen and oxygen atoms in total. The zero-order valence-electron chi connectivity index (χ0n) is 14.2. The fourth-order valence-electron chi connectivity index (χ4n) is 3.17. The molecule has 24 heavy (non-hydrogen) atoms. The van der Waals surface area contributed by atoms with E-state index >= 15 is 0 Å². The minimum atomic E-state index is -0.828. The predicted octanol–water partition coefficient (Wildman–Crippen LogP) is -0.321. The summed E-state index contributed by atoms with van der Waals surface area (Å²) < 4.78 is 5.20. The fraction of sp³-hybridized carbons (Fsp3) is 0.812. The average molecular weight is 341 g/mol. The molecule has 0 spiro atoms. The number of aliphatic carboxylic acids is 1. The lowest BCUT2D eigenvalue weighted by atomic mass is 9.85. The topological polar surface area (TPSA) is 99.2 Å². The molecule has 2 amide bonds. The van der Waals surface area contributed by atoms with E-state index in [1.165, 1.54) is 0 Å². The summed E-state index contributed by atoms with van der Waals surface area (Å²) in [6.07, 6.45) is 1.96. The molecule has 1 heterocycles.